The molecule has 0 amide bonds. The molecule has 0 spiro atoms. The van der Waals surface area contributed by atoms with E-state index in [0.717, 1.165) is 38.2 Å². The van der Waals surface area contributed by atoms with Gasteiger partial charge in [-0.3, -0.25) is 0 Å². The third-order valence-electron chi connectivity index (χ3n) is 3.16. The van der Waals surface area contributed by atoms with E-state index in [4.69, 9.17) is 4.74 Å². The van der Waals surface area contributed by atoms with Crippen molar-refractivity contribution in [2.45, 2.75) is 39.2 Å². The summed E-state index contributed by atoms with van der Waals surface area (Å²) in [6, 6.07) is 7.05. The summed E-state index contributed by atoms with van der Waals surface area (Å²) in [5, 5.41) is 3.55. The summed E-state index contributed by atoms with van der Waals surface area (Å²) < 4.78 is 5.69. The van der Waals surface area contributed by atoms with Crippen LogP contribution < -0.4 is 10.1 Å². The zero-order valence-corrected chi connectivity index (χ0v) is 10.3. The lowest BCUT2D eigenvalue weighted by Crippen LogP contribution is -2.29. The second-order valence-electron chi connectivity index (χ2n) is 4.37. The Morgan fingerprint density at radius 2 is 2.25 bits per heavy atom. The van der Waals surface area contributed by atoms with E-state index in [-0.39, 0.29) is 0 Å². The van der Waals surface area contributed by atoms with E-state index in [1.54, 1.807) is 0 Å². The molecule has 0 aliphatic carbocycles. The average molecular weight is 219 g/mol. The Kier molecular flexibility index (Phi) is 3.83. The van der Waals surface area contributed by atoms with Crippen molar-refractivity contribution in [3.8, 4) is 5.75 Å². The molecule has 1 unspecified atom stereocenters. The summed E-state index contributed by atoms with van der Waals surface area (Å²) in [4.78, 5) is 0. The maximum Gasteiger partial charge on any atom is 0.119 e. The van der Waals surface area contributed by atoms with Gasteiger partial charge in [0.25, 0.3) is 0 Å². The molecule has 0 aromatic heterocycles. The third-order valence-corrected chi connectivity index (χ3v) is 3.16. The van der Waals surface area contributed by atoms with E-state index in [0.29, 0.717) is 6.04 Å². The summed E-state index contributed by atoms with van der Waals surface area (Å²) in [5.74, 6) is 1.02. The first-order chi connectivity index (χ1) is 7.85. The smallest absolute Gasteiger partial charge is 0.119 e. The Bertz CT molecular complexity index is 349. The average Bonchev–Trinajstić information content (AvgIpc) is 2.35. The highest BCUT2D eigenvalue weighted by atomic mass is 16.5. The van der Waals surface area contributed by atoms with Gasteiger partial charge in [-0.25, -0.2) is 0 Å². The molecule has 1 N–H and O–H groups in total. The highest BCUT2D eigenvalue weighted by molar-refractivity contribution is 5.39. The van der Waals surface area contributed by atoms with Crippen molar-refractivity contribution in [1.82, 2.24) is 5.32 Å². The zero-order valence-electron chi connectivity index (χ0n) is 10.3. The molecule has 1 aromatic carbocycles. The van der Waals surface area contributed by atoms with Crippen molar-refractivity contribution in [3.05, 3.63) is 29.3 Å². The summed E-state index contributed by atoms with van der Waals surface area (Å²) in [7, 11) is 0. The molecule has 0 radical (unpaired) electrons. The molecule has 0 saturated heterocycles. The first kappa shape index (κ1) is 11.5. The Hall–Kier alpha value is -1.02. The molecule has 2 nitrogen and oxygen atoms in total. The molecule has 2 heteroatoms. The van der Waals surface area contributed by atoms with Crippen LogP contribution in [0.25, 0.3) is 0 Å². The van der Waals surface area contributed by atoms with Crippen LogP contribution in [0.15, 0.2) is 18.2 Å². The number of benzene rings is 1. The van der Waals surface area contributed by atoms with Crippen LogP contribution in [0, 0.1) is 0 Å². The van der Waals surface area contributed by atoms with Gasteiger partial charge in [-0.2, -0.15) is 0 Å². The van der Waals surface area contributed by atoms with Gasteiger partial charge in [-0.1, -0.05) is 19.9 Å². The molecule has 1 heterocycles. The fourth-order valence-electron chi connectivity index (χ4n) is 2.29. The number of ether oxygens (including phenoxy) is 1. The van der Waals surface area contributed by atoms with Gasteiger partial charge in [-0.05, 0) is 49.1 Å². The van der Waals surface area contributed by atoms with E-state index in [1.165, 1.54) is 11.1 Å². The van der Waals surface area contributed by atoms with E-state index in [2.05, 4.69) is 37.4 Å². The minimum absolute atomic E-state index is 0.508. The summed E-state index contributed by atoms with van der Waals surface area (Å²) in [6.45, 7) is 6.27. The number of fused-ring (bicyclic) bond motifs is 1. The van der Waals surface area contributed by atoms with Crippen molar-refractivity contribution in [3.63, 3.8) is 0 Å². The highest BCUT2D eigenvalue weighted by Crippen LogP contribution is 2.28. The molecule has 1 aliphatic heterocycles. The van der Waals surface area contributed by atoms with Gasteiger partial charge in [-0.15, -0.1) is 0 Å². The predicted molar refractivity (Wildman–Crippen MR) is 67.0 cm³/mol. The molecule has 2 rings (SSSR count). The first-order valence-electron chi connectivity index (χ1n) is 6.34. The van der Waals surface area contributed by atoms with Gasteiger partial charge < -0.3 is 10.1 Å². The molecular weight excluding hydrogens is 198 g/mol. The molecular formula is C14H21NO. The number of hydrogen-bond donors (Lipinski definition) is 1. The molecule has 0 saturated carbocycles. The molecule has 16 heavy (non-hydrogen) atoms. The van der Waals surface area contributed by atoms with Crippen molar-refractivity contribution in [1.29, 1.82) is 0 Å². The van der Waals surface area contributed by atoms with Crippen LogP contribution in [-0.2, 0) is 6.42 Å². The number of rotatable bonds is 4. The maximum atomic E-state index is 5.69. The van der Waals surface area contributed by atoms with Crippen molar-refractivity contribution in [2.75, 3.05) is 13.2 Å². The lowest BCUT2D eigenvalue weighted by atomic mass is 9.93. The molecule has 0 bridgehead atoms. The normalized spacial score (nSPS) is 19.2. The van der Waals surface area contributed by atoms with Crippen molar-refractivity contribution < 1.29 is 4.74 Å². The summed E-state index contributed by atoms with van der Waals surface area (Å²) in [6.07, 6.45) is 3.34. The maximum absolute atomic E-state index is 5.69. The highest BCUT2D eigenvalue weighted by Gasteiger charge is 2.18. The zero-order chi connectivity index (χ0) is 11.4. The second kappa shape index (κ2) is 5.35. The lowest BCUT2D eigenvalue weighted by Gasteiger charge is -2.26. The Morgan fingerprint density at radius 3 is 3.00 bits per heavy atom. The van der Waals surface area contributed by atoms with E-state index >= 15 is 0 Å². The van der Waals surface area contributed by atoms with Crippen LogP contribution in [0.3, 0.4) is 0 Å². The SMILES string of the molecule is CCCOc1ccc2c(c1)C(CC)NCC2. The lowest BCUT2D eigenvalue weighted by molar-refractivity contribution is 0.316. The second-order valence-corrected chi connectivity index (χ2v) is 4.37. The van der Waals surface area contributed by atoms with E-state index in [1.807, 2.05) is 0 Å². The van der Waals surface area contributed by atoms with Gasteiger partial charge in [0.05, 0.1) is 6.61 Å². The van der Waals surface area contributed by atoms with Crippen LogP contribution >= 0.6 is 0 Å². The fraction of sp³-hybridized carbons (Fsp3) is 0.571. The van der Waals surface area contributed by atoms with Crippen molar-refractivity contribution in [2.24, 2.45) is 0 Å². The van der Waals surface area contributed by atoms with Crippen LogP contribution in [0.4, 0.5) is 0 Å². The first-order valence-corrected chi connectivity index (χ1v) is 6.34. The topological polar surface area (TPSA) is 21.3 Å². The number of hydrogen-bond acceptors (Lipinski definition) is 2. The standard InChI is InChI=1S/C14H21NO/c1-3-9-16-12-6-5-11-7-8-15-14(4-2)13(11)10-12/h5-6,10,14-15H,3-4,7-9H2,1-2H3. The Morgan fingerprint density at radius 1 is 1.38 bits per heavy atom. The molecule has 1 aliphatic rings. The third kappa shape index (κ3) is 2.38. The van der Waals surface area contributed by atoms with Crippen LogP contribution in [0.1, 0.15) is 43.9 Å². The van der Waals surface area contributed by atoms with Gasteiger partial charge in [0.1, 0.15) is 5.75 Å². The monoisotopic (exact) mass is 219 g/mol. The predicted octanol–water partition coefficient (Wildman–Crippen LogP) is 3.07. The van der Waals surface area contributed by atoms with Crippen LogP contribution in [0.2, 0.25) is 0 Å². The van der Waals surface area contributed by atoms with Gasteiger partial charge in [0.2, 0.25) is 0 Å². The molecule has 88 valence electrons. The van der Waals surface area contributed by atoms with Gasteiger partial charge >= 0.3 is 0 Å². The number of nitrogens with one attached hydrogen (secondary N) is 1. The summed E-state index contributed by atoms with van der Waals surface area (Å²) in [5.41, 5.74) is 2.91. The Balaban J connectivity index is 2.20. The van der Waals surface area contributed by atoms with E-state index in [9.17, 15) is 0 Å². The fourth-order valence-corrected chi connectivity index (χ4v) is 2.29. The quantitative estimate of drug-likeness (QED) is 0.840. The molecule has 0 fully saturated rings. The van der Waals surface area contributed by atoms with Gasteiger partial charge in [0.15, 0.2) is 0 Å². The largest absolute Gasteiger partial charge is 0.494 e. The Labute approximate surface area is 98.0 Å². The van der Waals surface area contributed by atoms with Crippen molar-refractivity contribution >= 4 is 0 Å². The van der Waals surface area contributed by atoms with Gasteiger partial charge in [0, 0.05) is 6.04 Å². The van der Waals surface area contributed by atoms with E-state index < -0.39 is 0 Å². The van der Waals surface area contributed by atoms with Crippen LogP contribution in [0.5, 0.6) is 5.75 Å². The summed E-state index contributed by atoms with van der Waals surface area (Å²) >= 11 is 0. The minimum atomic E-state index is 0.508. The molecule has 1 aromatic rings. The molecule has 1 atom stereocenters. The minimum Gasteiger partial charge on any atom is -0.494 e. The van der Waals surface area contributed by atoms with Crippen LogP contribution in [-0.4, -0.2) is 13.2 Å².